The van der Waals surface area contributed by atoms with Gasteiger partial charge in [-0.3, -0.25) is 9.59 Å². The van der Waals surface area contributed by atoms with Crippen LogP contribution in [0.1, 0.15) is 44.9 Å². The standard InChI is InChI=1S/C16H22ClNO3/c17-16-5-9-1-10(6-16)4-15(3-9,7-16)8-18-13(19)11-2-12(11)14(20)21/h9-12H,1-8H2,(H,18,19)(H,20,21). The molecule has 5 aliphatic rings. The summed E-state index contributed by atoms with van der Waals surface area (Å²) in [6.07, 6.45) is 7.49. The number of hydrogen-bond donors (Lipinski definition) is 2. The Morgan fingerprint density at radius 1 is 1.10 bits per heavy atom. The first kappa shape index (κ1) is 13.9. The van der Waals surface area contributed by atoms with Gasteiger partial charge in [-0.25, -0.2) is 0 Å². The number of carbonyl (C=O) groups excluding carboxylic acids is 1. The van der Waals surface area contributed by atoms with E-state index < -0.39 is 11.9 Å². The van der Waals surface area contributed by atoms with Crippen LogP contribution in [-0.4, -0.2) is 28.4 Å². The van der Waals surface area contributed by atoms with Crippen molar-refractivity contribution in [2.75, 3.05) is 6.54 Å². The molecule has 5 aliphatic carbocycles. The fraction of sp³-hybridized carbons (Fsp3) is 0.875. The van der Waals surface area contributed by atoms with Gasteiger partial charge in [-0.1, -0.05) is 0 Å². The van der Waals surface area contributed by atoms with E-state index in [0.717, 1.165) is 31.1 Å². The highest BCUT2D eigenvalue weighted by Crippen LogP contribution is 2.63. The van der Waals surface area contributed by atoms with Gasteiger partial charge in [-0.2, -0.15) is 0 Å². The Kier molecular flexibility index (Phi) is 2.89. The summed E-state index contributed by atoms with van der Waals surface area (Å²) in [5.41, 5.74) is 0.176. The highest BCUT2D eigenvalue weighted by Gasteiger charge is 2.57. The second-order valence-electron chi connectivity index (χ2n) is 8.12. The minimum absolute atomic E-state index is 0.0298. The van der Waals surface area contributed by atoms with Crippen molar-refractivity contribution in [3.05, 3.63) is 0 Å². The van der Waals surface area contributed by atoms with Gasteiger partial charge in [0.1, 0.15) is 0 Å². The van der Waals surface area contributed by atoms with Gasteiger partial charge in [0, 0.05) is 11.4 Å². The van der Waals surface area contributed by atoms with Crippen LogP contribution in [0.2, 0.25) is 0 Å². The summed E-state index contributed by atoms with van der Waals surface area (Å²) in [6, 6.07) is 0. The maximum Gasteiger partial charge on any atom is 0.307 e. The minimum atomic E-state index is -0.843. The molecule has 21 heavy (non-hydrogen) atoms. The van der Waals surface area contributed by atoms with Crippen LogP contribution in [-0.2, 0) is 9.59 Å². The quantitative estimate of drug-likeness (QED) is 0.784. The van der Waals surface area contributed by atoms with Crippen LogP contribution in [0.5, 0.6) is 0 Å². The van der Waals surface area contributed by atoms with Gasteiger partial charge in [-0.05, 0) is 62.2 Å². The number of rotatable bonds is 4. The molecule has 5 heteroatoms. The summed E-state index contributed by atoms with van der Waals surface area (Å²) in [7, 11) is 0. The van der Waals surface area contributed by atoms with E-state index in [2.05, 4.69) is 5.32 Å². The molecule has 0 aromatic heterocycles. The van der Waals surface area contributed by atoms with Crippen molar-refractivity contribution in [1.29, 1.82) is 0 Å². The summed E-state index contributed by atoms with van der Waals surface area (Å²) >= 11 is 6.78. The van der Waals surface area contributed by atoms with Crippen molar-refractivity contribution >= 4 is 23.5 Å². The second-order valence-corrected chi connectivity index (χ2v) is 8.92. The number of carboxylic acids is 1. The molecule has 4 atom stereocenters. The van der Waals surface area contributed by atoms with Gasteiger partial charge >= 0.3 is 5.97 Å². The number of carbonyl (C=O) groups is 2. The third-order valence-corrected chi connectivity index (χ3v) is 6.64. The topological polar surface area (TPSA) is 66.4 Å². The van der Waals surface area contributed by atoms with Crippen LogP contribution in [0, 0.1) is 29.1 Å². The molecule has 0 heterocycles. The highest BCUT2D eigenvalue weighted by molar-refractivity contribution is 6.24. The average Bonchev–Trinajstić information content (AvgIpc) is 3.13. The van der Waals surface area contributed by atoms with E-state index in [-0.39, 0.29) is 22.1 Å². The monoisotopic (exact) mass is 311 g/mol. The minimum Gasteiger partial charge on any atom is -0.481 e. The number of halogens is 1. The molecule has 5 saturated carbocycles. The van der Waals surface area contributed by atoms with Gasteiger partial charge in [0.05, 0.1) is 11.8 Å². The Hall–Kier alpha value is -0.770. The van der Waals surface area contributed by atoms with Gasteiger partial charge in [-0.15, -0.1) is 11.6 Å². The SMILES string of the molecule is O=C(O)C1CC1C(=O)NCC12CC3CC(CC(Cl)(C3)C1)C2. The number of aliphatic carboxylic acids is 1. The third-order valence-electron chi connectivity index (χ3n) is 6.19. The first-order chi connectivity index (χ1) is 9.88. The maximum absolute atomic E-state index is 12.1. The molecule has 2 N–H and O–H groups in total. The lowest BCUT2D eigenvalue weighted by Gasteiger charge is -2.60. The molecular formula is C16H22ClNO3. The van der Waals surface area contributed by atoms with Crippen molar-refractivity contribution in [1.82, 2.24) is 5.32 Å². The number of amides is 1. The van der Waals surface area contributed by atoms with Crippen LogP contribution in [0.15, 0.2) is 0 Å². The van der Waals surface area contributed by atoms with E-state index in [9.17, 15) is 9.59 Å². The van der Waals surface area contributed by atoms with Gasteiger partial charge in [0.15, 0.2) is 0 Å². The smallest absolute Gasteiger partial charge is 0.307 e. The van der Waals surface area contributed by atoms with Gasteiger partial charge in [0.2, 0.25) is 5.91 Å². The Morgan fingerprint density at radius 3 is 2.29 bits per heavy atom. The molecule has 5 rings (SSSR count). The molecule has 0 saturated heterocycles. The lowest BCUT2D eigenvalue weighted by molar-refractivity contribution is -0.140. The van der Waals surface area contributed by atoms with E-state index in [1.54, 1.807) is 0 Å². The predicted molar refractivity (Wildman–Crippen MR) is 77.9 cm³/mol. The Labute approximate surface area is 129 Å². The normalized spacial score (nSPS) is 50.0. The van der Waals surface area contributed by atoms with E-state index in [1.165, 1.54) is 19.3 Å². The molecule has 0 spiro atoms. The number of nitrogens with one attached hydrogen (secondary N) is 1. The maximum atomic E-state index is 12.1. The molecule has 0 aromatic carbocycles. The zero-order valence-corrected chi connectivity index (χ0v) is 12.9. The fourth-order valence-electron chi connectivity index (χ4n) is 5.71. The summed E-state index contributed by atoms with van der Waals surface area (Å²) in [4.78, 5) is 22.9. The number of alkyl halides is 1. The summed E-state index contributed by atoms with van der Waals surface area (Å²) < 4.78 is 0. The van der Waals surface area contributed by atoms with Crippen molar-refractivity contribution in [3.63, 3.8) is 0 Å². The molecule has 0 aliphatic heterocycles. The molecule has 0 radical (unpaired) electrons. The van der Waals surface area contributed by atoms with Gasteiger partial charge < -0.3 is 10.4 Å². The Bertz CT molecular complexity index is 492. The third kappa shape index (κ3) is 2.36. The molecule has 4 unspecified atom stereocenters. The molecule has 0 aromatic rings. The first-order valence-corrected chi connectivity index (χ1v) is 8.45. The molecule has 116 valence electrons. The Balaban J connectivity index is 1.39. The van der Waals surface area contributed by atoms with Crippen molar-refractivity contribution in [2.24, 2.45) is 29.1 Å². The fourth-order valence-corrected chi connectivity index (χ4v) is 6.43. The van der Waals surface area contributed by atoms with Crippen LogP contribution in [0.3, 0.4) is 0 Å². The van der Waals surface area contributed by atoms with E-state index in [1.807, 2.05) is 0 Å². The van der Waals surface area contributed by atoms with Crippen molar-refractivity contribution in [2.45, 2.75) is 49.8 Å². The van der Waals surface area contributed by atoms with Crippen LogP contribution in [0.25, 0.3) is 0 Å². The first-order valence-electron chi connectivity index (χ1n) is 8.08. The zero-order valence-electron chi connectivity index (χ0n) is 12.1. The number of hydrogen-bond acceptors (Lipinski definition) is 2. The highest BCUT2D eigenvalue weighted by atomic mass is 35.5. The van der Waals surface area contributed by atoms with Crippen LogP contribution >= 0.6 is 11.6 Å². The molecule has 5 fully saturated rings. The van der Waals surface area contributed by atoms with Crippen molar-refractivity contribution in [3.8, 4) is 0 Å². The molecular weight excluding hydrogens is 290 g/mol. The lowest BCUT2D eigenvalue weighted by atomic mass is 9.49. The summed E-state index contributed by atoms with van der Waals surface area (Å²) in [5, 5.41) is 11.9. The van der Waals surface area contributed by atoms with Crippen LogP contribution in [0.4, 0.5) is 0 Å². The second kappa shape index (κ2) is 4.37. The summed E-state index contributed by atoms with van der Waals surface area (Å²) in [6.45, 7) is 0.691. The lowest BCUT2D eigenvalue weighted by Crippen LogP contribution is -2.56. The molecule has 4 nitrogen and oxygen atoms in total. The number of carboxylic acid groups (broad SMARTS) is 1. The predicted octanol–water partition coefficient (Wildman–Crippen LogP) is 2.40. The van der Waals surface area contributed by atoms with Crippen LogP contribution < -0.4 is 5.32 Å². The van der Waals surface area contributed by atoms with E-state index in [0.29, 0.717) is 13.0 Å². The van der Waals surface area contributed by atoms with Crippen molar-refractivity contribution < 1.29 is 14.7 Å². The summed E-state index contributed by atoms with van der Waals surface area (Å²) in [5.74, 6) is -0.213. The average molecular weight is 312 g/mol. The largest absolute Gasteiger partial charge is 0.481 e. The molecule has 1 amide bonds. The van der Waals surface area contributed by atoms with E-state index >= 15 is 0 Å². The molecule has 4 bridgehead atoms. The van der Waals surface area contributed by atoms with E-state index in [4.69, 9.17) is 16.7 Å². The van der Waals surface area contributed by atoms with Gasteiger partial charge in [0.25, 0.3) is 0 Å². The zero-order chi connectivity index (χ0) is 14.8. The Morgan fingerprint density at radius 2 is 1.76 bits per heavy atom.